The highest BCUT2D eigenvalue weighted by molar-refractivity contribution is 5.98. The van der Waals surface area contributed by atoms with Crippen molar-refractivity contribution in [2.24, 2.45) is 5.92 Å². The predicted molar refractivity (Wildman–Crippen MR) is 86.4 cm³/mol. The first-order valence-electron chi connectivity index (χ1n) is 8.05. The molecular formula is C18H21NO4. The highest BCUT2D eigenvalue weighted by Gasteiger charge is 2.28. The van der Waals surface area contributed by atoms with Crippen molar-refractivity contribution < 1.29 is 19.1 Å². The van der Waals surface area contributed by atoms with E-state index in [4.69, 9.17) is 9.52 Å². The molecule has 1 aliphatic heterocycles. The first-order valence-corrected chi connectivity index (χ1v) is 8.05. The molecule has 1 aromatic heterocycles. The van der Waals surface area contributed by atoms with Gasteiger partial charge in [0.1, 0.15) is 5.58 Å². The molecule has 1 amide bonds. The minimum Gasteiger partial charge on any atom is -0.481 e. The van der Waals surface area contributed by atoms with Crippen LogP contribution in [0.15, 0.2) is 28.7 Å². The zero-order chi connectivity index (χ0) is 16.4. The summed E-state index contributed by atoms with van der Waals surface area (Å²) in [5, 5.41) is 9.79. The zero-order valence-corrected chi connectivity index (χ0v) is 13.2. The molecule has 5 heteroatoms. The lowest BCUT2D eigenvalue weighted by Gasteiger charge is -2.32. The summed E-state index contributed by atoms with van der Waals surface area (Å²) >= 11 is 0. The van der Waals surface area contributed by atoms with Gasteiger partial charge in [0.05, 0.1) is 0 Å². The molecule has 2 aromatic rings. The number of nitrogens with zero attached hydrogens (tertiary/aromatic N) is 1. The highest BCUT2D eigenvalue weighted by atomic mass is 16.4. The molecule has 2 heterocycles. The van der Waals surface area contributed by atoms with Crippen LogP contribution >= 0.6 is 0 Å². The van der Waals surface area contributed by atoms with E-state index in [2.05, 4.69) is 0 Å². The Balaban J connectivity index is 1.76. The number of rotatable bonds is 4. The number of amides is 1. The largest absolute Gasteiger partial charge is 0.481 e. The fourth-order valence-corrected chi connectivity index (χ4v) is 3.33. The number of furan rings is 1. The number of aliphatic carboxylic acids is 1. The standard InChI is InChI=1S/C18H21NO4/c1-12-14-6-2-3-7-15(14)23-17(12)18(22)19-10-4-5-13(11-19)8-9-16(20)21/h2-3,6-7,13H,4-5,8-11H2,1H3,(H,20,21). The second-order valence-electron chi connectivity index (χ2n) is 6.24. The van der Waals surface area contributed by atoms with Crippen molar-refractivity contribution >= 4 is 22.8 Å². The third-order valence-electron chi connectivity index (χ3n) is 4.61. The molecule has 1 aromatic carbocycles. The van der Waals surface area contributed by atoms with Gasteiger partial charge in [0.15, 0.2) is 5.76 Å². The molecule has 122 valence electrons. The highest BCUT2D eigenvalue weighted by Crippen LogP contribution is 2.28. The van der Waals surface area contributed by atoms with E-state index in [-0.39, 0.29) is 18.2 Å². The molecule has 1 atom stereocenters. The Kier molecular flexibility index (Phi) is 4.37. The number of hydrogen-bond donors (Lipinski definition) is 1. The monoisotopic (exact) mass is 315 g/mol. The van der Waals surface area contributed by atoms with Crippen LogP contribution in [0.3, 0.4) is 0 Å². The van der Waals surface area contributed by atoms with Crippen molar-refractivity contribution in [3.63, 3.8) is 0 Å². The van der Waals surface area contributed by atoms with Crippen LogP contribution in [0.5, 0.6) is 0 Å². The lowest BCUT2D eigenvalue weighted by atomic mass is 9.93. The van der Waals surface area contributed by atoms with Crippen LogP contribution in [-0.2, 0) is 4.79 Å². The second kappa shape index (κ2) is 6.44. The number of benzene rings is 1. The third kappa shape index (κ3) is 3.23. The van der Waals surface area contributed by atoms with Gasteiger partial charge in [-0.3, -0.25) is 9.59 Å². The number of hydrogen-bond acceptors (Lipinski definition) is 3. The molecule has 1 N–H and O–H groups in total. The van der Waals surface area contributed by atoms with E-state index in [1.807, 2.05) is 31.2 Å². The van der Waals surface area contributed by atoms with Crippen LogP contribution in [0.4, 0.5) is 0 Å². The fourth-order valence-electron chi connectivity index (χ4n) is 3.33. The van der Waals surface area contributed by atoms with Crippen molar-refractivity contribution in [1.29, 1.82) is 0 Å². The van der Waals surface area contributed by atoms with Gasteiger partial charge in [-0.15, -0.1) is 0 Å². The van der Waals surface area contributed by atoms with Gasteiger partial charge in [0.2, 0.25) is 0 Å². The van der Waals surface area contributed by atoms with Crippen LogP contribution < -0.4 is 0 Å². The summed E-state index contributed by atoms with van der Waals surface area (Å²) in [6.45, 7) is 3.23. The topological polar surface area (TPSA) is 70.8 Å². The molecule has 1 aliphatic rings. The number of carboxylic acid groups (broad SMARTS) is 1. The molecule has 3 rings (SSSR count). The number of aryl methyl sites for hydroxylation is 1. The quantitative estimate of drug-likeness (QED) is 0.938. The molecule has 5 nitrogen and oxygen atoms in total. The molecule has 0 spiro atoms. The summed E-state index contributed by atoms with van der Waals surface area (Å²) in [4.78, 5) is 25.3. The van der Waals surface area contributed by atoms with Crippen LogP contribution in [0.2, 0.25) is 0 Å². The Morgan fingerprint density at radius 1 is 1.35 bits per heavy atom. The Hall–Kier alpha value is -2.30. The second-order valence-corrected chi connectivity index (χ2v) is 6.24. The molecule has 1 unspecified atom stereocenters. The maximum Gasteiger partial charge on any atom is 0.303 e. The summed E-state index contributed by atoms with van der Waals surface area (Å²) in [6.07, 6.45) is 2.68. The van der Waals surface area contributed by atoms with Crippen molar-refractivity contribution in [3.8, 4) is 0 Å². The Morgan fingerprint density at radius 2 is 2.13 bits per heavy atom. The number of piperidine rings is 1. The van der Waals surface area contributed by atoms with Gasteiger partial charge in [-0.05, 0) is 38.2 Å². The molecular weight excluding hydrogens is 294 g/mol. The predicted octanol–water partition coefficient (Wildman–Crippen LogP) is 3.46. The molecule has 23 heavy (non-hydrogen) atoms. The van der Waals surface area contributed by atoms with E-state index < -0.39 is 5.97 Å². The van der Waals surface area contributed by atoms with Crippen molar-refractivity contribution in [1.82, 2.24) is 4.90 Å². The zero-order valence-electron chi connectivity index (χ0n) is 13.2. The number of likely N-dealkylation sites (tertiary alicyclic amines) is 1. The SMILES string of the molecule is Cc1c(C(=O)N2CCCC(CCC(=O)O)C2)oc2ccccc12. The lowest BCUT2D eigenvalue weighted by molar-refractivity contribution is -0.137. The maximum atomic E-state index is 12.8. The van der Waals surface area contributed by atoms with Gasteiger partial charge in [0.25, 0.3) is 5.91 Å². The Bertz CT molecular complexity index is 734. The summed E-state index contributed by atoms with van der Waals surface area (Å²) in [7, 11) is 0. The Morgan fingerprint density at radius 3 is 2.87 bits per heavy atom. The van der Waals surface area contributed by atoms with Gasteiger partial charge >= 0.3 is 5.97 Å². The van der Waals surface area contributed by atoms with Crippen LogP contribution in [0.25, 0.3) is 11.0 Å². The summed E-state index contributed by atoms with van der Waals surface area (Å²) in [6, 6.07) is 7.64. The smallest absolute Gasteiger partial charge is 0.303 e. The van der Waals surface area contributed by atoms with Gasteiger partial charge in [-0.2, -0.15) is 0 Å². The fraction of sp³-hybridized carbons (Fsp3) is 0.444. The van der Waals surface area contributed by atoms with E-state index in [1.165, 1.54) is 0 Å². The summed E-state index contributed by atoms with van der Waals surface area (Å²) < 4.78 is 5.76. The average molecular weight is 315 g/mol. The van der Waals surface area contributed by atoms with Gasteiger partial charge in [0, 0.05) is 30.5 Å². The van der Waals surface area contributed by atoms with Gasteiger partial charge in [-0.25, -0.2) is 0 Å². The van der Waals surface area contributed by atoms with Crippen molar-refractivity contribution in [2.75, 3.05) is 13.1 Å². The minimum absolute atomic E-state index is 0.0845. The summed E-state index contributed by atoms with van der Waals surface area (Å²) in [5.41, 5.74) is 1.60. The lowest BCUT2D eigenvalue weighted by Crippen LogP contribution is -2.40. The molecule has 0 saturated carbocycles. The molecule has 0 aliphatic carbocycles. The van der Waals surface area contributed by atoms with Gasteiger partial charge < -0.3 is 14.4 Å². The van der Waals surface area contributed by atoms with Crippen molar-refractivity contribution in [3.05, 3.63) is 35.6 Å². The number of carboxylic acids is 1. The first-order chi connectivity index (χ1) is 11.1. The summed E-state index contributed by atoms with van der Waals surface area (Å²) in [5.74, 6) is -0.195. The van der Waals surface area contributed by atoms with E-state index in [9.17, 15) is 9.59 Å². The van der Waals surface area contributed by atoms with E-state index in [1.54, 1.807) is 4.90 Å². The molecule has 1 fully saturated rings. The molecule has 0 radical (unpaired) electrons. The minimum atomic E-state index is -0.776. The van der Waals surface area contributed by atoms with E-state index in [0.29, 0.717) is 25.3 Å². The number of para-hydroxylation sites is 1. The van der Waals surface area contributed by atoms with E-state index in [0.717, 1.165) is 29.4 Å². The number of carbonyl (C=O) groups excluding carboxylic acids is 1. The molecule has 0 bridgehead atoms. The number of carbonyl (C=O) groups is 2. The maximum absolute atomic E-state index is 12.8. The average Bonchev–Trinajstić information content (AvgIpc) is 2.90. The Labute approximate surface area is 134 Å². The first kappa shape index (κ1) is 15.6. The number of fused-ring (bicyclic) bond motifs is 1. The van der Waals surface area contributed by atoms with Crippen LogP contribution in [0.1, 0.15) is 41.8 Å². The van der Waals surface area contributed by atoms with Crippen LogP contribution in [0, 0.1) is 12.8 Å². The normalized spacial score (nSPS) is 18.3. The van der Waals surface area contributed by atoms with E-state index >= 15 is 0 Å². The van der Waals surface area contributed by atoms with Crippen molar-refractivity contribution in [2.45, 2.75) is 32.6 Å². The van der Waals surface area contributed by atoms with Gasteiger partial charge in [-0.1, -0.05) is 18.2 Å². The molecule has 1 saturated heterocycles. The third-order valence-corrected chi connectivity index (χ3v) is 4.61. The van der Waals surface area contributed by atoms with Crippen LogP contribution in [-0.4, -0.2) is 35.0 Å².